The van der Waals surface area contributed by atoms with Crippen molar-refractivity contribution in [1.82, 2.24) is 20.2 Å². The third kappa shape index (κ3) is 3.19. The standard InChI is InChI=1S/C11H16N4O2S2/c1-7-12-5-8(18-7)6-19(16,17)10-13-9(14-15-10)11(2,3)4/h5H,6H2,1-4H3,(H,13,14,15). The van der Waals surface area contributed by atoms with Crippen molar-refractivity contribution in [3.8, 4) is 0 Å². The van der Waals surface area contributed by atoms with Crippen LogP contribution in [-0.4, -0.2) is 28.6 Å². The molecular weight excluding hydrogens is 284 g/mol. The minimum atomic E-state index is -3.52. The van der Waals surface area contributed by atoms with E-state index >= 15 is 0 Å². The van der Waals surface area contributed by atoms with Crippen LogP contribution in [0.4, 0.5) is 0 Å². The molecule has 0 aliphatic heterocycles. The molecule has 0 bridgehead atoms. The van der Waals surface area contributed by atoms with Gasteiger partial charge in [0.2, 0.25) is 9.84 Å². The zero-order valence-electron chi connectivity index (χ0n) is 11.3. The summed E-state index contributed by atoms with van der Waals surface area (Å²) in [5.41, 5.74) is -0.262. The number of hydrogen-bond donors (Lipinski definition) is 1. The Labute approximate surface area is 116 Å². The molecule has 0 radical (unpaired) electrons. The first-order valence-electron chi connectivity index (χ1n) is 5.75. The van der Waals surface area contributed by atoms with Crippen LogP contribution in [0.25, 0.3) is 0 Å². The second-order valence-corrected chi connectivity index (χ2v) is 8.52. The van der Waals surface area contributed by atoms with Gasteiger partial charge in [-0.15, -0.1) is 16.4 Å². The van der Waals surface area contributed by atoms with Gasteiger partial charge in [0, 0.05) is 16.5 Å². The zero-order chi connectivity index (χ0) is 14.3. The maximum absolute atomic E-state index is 12.2. The lowest BCUT2D eigenvalue weighted by atomic mass is 9.96. The molecule has 2 heterocycles. The number of thiazole rings is 1. The summed E-state index contributed by atoms with van der Waals surface area (Å²) >= 11 is 1.37. The van der Waals surface area contributed by atoms with Crippen LogP contribution in [0.1, 0.15) is 36.5 Å². The van der Waals surface area contributed by atoms with Gasteiger partial charge in [-0.1, -0.05) is 20.8 Å². The van der Waals surface area contributed by atoms with Crippen LogP contribution < -0.4 is 0 Å². The molecule has 1 N–H and O–H groups in total. The molecule has 0 aromatic carbocycles. The van der Waals surface area contributed by atoms with E-state index in [-0.39, 0.29) is 16.3 Å². The highest BCUT2D eigenvalue weighted by Crippen LogP contribution is 2.21. The van der Waals surface area contributed by atoms with E-state index in [0.717, 1.165) is 5.01 Å². The van der Waals surface area contributed by atoms with Crippen LogP contribution in [0, 0.1) is 6.92 Å². The van der Waals surface area contributed by atoms with Crippen molar-refractivity contribution in [3.05, 3.63) is 21.9 Å². The fraction of sp³-hybridized carbons (Fsp3) is 0.545. The number of nitrogens with one attached hydrogen (secondary N) is 1. The lowest BCUT2D eigenvalue weighted by Gasteiger charge is -2.12. The van der Waals surface area contributed by atoms with E-state index in [0.29, 0.717) is 10.7 Å². The average molecular weight is 300 g/mol. The van der Waals surface area contributed by atoms with Crippen LogP contribution in [0.5, 0.6) is 0 Å². The number of nitrogens with zero attached hydrogens (tertiary/aromatic N) is 3. The molecule has 0 spiro atoms. The van der Waals surface area contributed by atoms with Crippen LogP contribution >= 0.6 is 11.3 Å². The topological polar surface area (TPSA) is 88.6 Å². The summed E-state index contributed by atoms with van der Waals surface area (Å²) in [6.07, 6.45) is 1.58. The highest BCUT2D eigenvalue weighted by Gasteiger charge is 2.25. The van der Waals surface area contributed by atoms with Crippen LogP contribution in [-0.2, 0) is 21.0 Å². The smallest absolute Gasteiger partial charge is 0.262 e. The van der Waals surface area contributed by atoms with Gasteiger partial charge in [0.1, 0.15) is 5.82 Å². The molecule has 0 atom stereocenters. The van der Waals surface area contributed by atoms with Crippen LogP contribution in [0.15, 0.2) is 11.4 Å². The van der Waals surface area contributed by atoms with Gasteiger partial charge in [-0.3, -0.25) is 5.10 Å². The molecule has 0 amide bonds. The van der Waals surface area contributed by atoms with E-state index in [1.165, 1.54) is 11.3 Å². The highest BCUT2D eigenvalue weighted by molar-refractivity contribution is 7.90. The fourth-order valence-corrected chi connectivity index (χ4v) is 3.73. The van der Waals surface area contributed by atoms with Crippen molar-refractivity contribution in [2.75, 3.05) is 0 Å². The van der Waals surface area contributed by atoms with Gasteiger partial charge >= 0.3 is 0 Å². The molecule has 0 aliphatic carbocycles. The molecule has 19 heavy (non-hydrogen) atoms. The molecule has 0 saturated carbocycles. The Morgan fingerprint density at radius 1 is 1.37 bits per heavy atom. The Bertz CT molecular complexity index is 680. The Hall–Kier alpha value is -1.28. The summed E-state index contributed by atoms with van der Waals surface area (Å²) in [6.45, 7) is 7.66. The first kappa shape index (κ1) is 14.1. The van der Waals surface area contributed by atoms with Crippen LogP contribution in [0.3, 0.4) is 0 Å². The summed E-state index contributed by atoms with van der Waals surface area (Å²) < 4.78 is 24.4. The van der Waals surface area contributed by atoms with E-state index < -0.39 is 9.84 Å². The Morgan fingerprint density at radius 2 is 2.05 bits per heavy atom. The van der Waals surface area contributed by atoms with Crippen molar-refractivity contribution in [1.29, 1.82) is 0 Å². The number of rotatable bonds is 3. The van der Waals surface area contributed by atoms with Gasteiger partial charge in [-0.05, 0) is 6.92 Å². The Morgan fingerprint density at radius 3 is 2.53 bits per heavy atom. The maximum atomic E-state index is 12.2. The monoisotopic (exact) mass is 300 g/mol. The molecule has 0 saturated heterocycles. The normalized spacial score (nSPS) is 12.8. The lowest BCUT2D eigenvalue weighted by molar-refractivity contribution is 0.546. The molecule has 0 fully saturated rings. The van der Waals surface area contributed by atoms with E-state index in [2.05, 4.69) is 20.2 Å². The molecule has 104 valence electrons. The van der Waals surface area contributed by atoms with Gasteiger partial charge in [0.15, 0.2) is 0 Å². The Balaban J connectivity index is 2.27. The summed E-state index contributed by atoms with van der Waals surface area (Å²) in [5, 5.41) is 7.20. The summed E-state index contributed by atoms with van der Waals surface area (Å²) in [7, 11) is -3.52. The van der Waals surface area contributed by atoms with Crippen molar-refractivity contribution in [2.45, 2.75) is 44.0 Å². The molecule has 2 rings (SSSR count). The third-order valence-corrected chi connectivity index (χ3v) is 4.98. The number of aryl methyl sites for hydroxylation is 1. The fourth-order valence-electron chi connectivity index (χ4n) is 1.44. The first-order valence-corrected chi connectivity index (χ1v) is 8.22. The zero-order valence-corrected chi connectivity index (χ0v) is 12.9. The molecule has 6 nitrogen and oxygen atoms in total. The number of aromatic amines is 1. The molecule has 0 aliphatic rings. The van der Waals surface area contributed by atoms with Gasteiger partial charge in [0.25, 0.3) is 5.16 Å². The number of aromatic nitrogens is 4. The third-order valence-electron chi connectivity index (χ3n) is 2.45. The van der Waals surface area contributed by atoms with Crippen molar-refractivity contribution < 1.29 is 8.42 Å². The van der Waals surface area contributed by atoms with Crippen molar-refractivity contribution in [2.24, 2.45) is 0 Å². The summed E-state index contributed by atoms with van der Waals surface area (Å²) in [5.74, 6) is 0.450. The predicted molar refractivity (Wildman–Crippen MR) is 72.8 cm³/mol. The molecule has 8 heteroatoms. The van der Waals surface area contributed by atoms with Gasteiger partial charge < -0.3 is 0 Å². The number of sulfone groups is 1. The highest BCUT2D eigenvalue weighted by atomic mass is 32.2. The lowest BCUT2D eigenvalue weighted by Crippen LogP contribution is -2.14. The van der Waals surface area contributed by atoms with Gasteiger partial charge in [-0.25, -0.2) is 18.4 Å². The maximum Gasteiger partial charge on any atom is 0.267 e. The molecule has 2 aromatic heterocycles. The van der Waals surface area contributed by atoms with E-state index in [9.17, 15) is 8.42 Å². The first-order chi connectivity index (χ1) is 8.68. The molecule has 2 aromatic rings. The van der Waals surface area contributed by atoms with E-state index in [4.69, 9.17) is 0 Å². The average Bonchev–Trinajstić information content (AvgIpc) is 2.85. The van der Waals surface area contributed by atoms with Gasteiger partial charge in [-0.2, -0.15) is 0 Å². The minimum absolute atomic E-state index is 0.111. The van der Waals surface area contributed by atoms with Crippen molar-refractivity contribution in [3.63, 3.8) is 0 Å². The van der Waals surface area contributed by atoms with Gasteiger partial charge in [0.05, 0.1) is 10.8 Å². The van der Waals surface area contributed by atoms with E-state index in [1.54, 1.807) is 6.20 Å². The summed E-state index contributed by atoms with van der Waals surface area (Å²) in [6, 6.07) is 0. The van der Waals surface area contributed by atoms with E-state index in [1.807, 2.05) is 27.7 Å². The minimum Gasteiger partial charge on any atom is -0.262 e. The summed E-state index contributed by atoms with van der Waals surface area (Å²) in [4.78, 5) is 8.82. The quantitative estimate of drug-likeness (QED) is 0.934. The number of hydrogen-bond acceptors (Lipinski definition) is 6. The SMILES string of the molecule is Cc1ncc(CS(=O)(=O)c2n[nH]c(C(C)(C)C)n2)s1. The number of H-pyrrole nitrogens is 1. The largest absolute Gasteiger partial charge is 0.267 e. The second-order valence-electron chi connectivity index (χ2n) is 5.32. The second kappa shape index (κ2) is 4.68. The van der Waals surface area contributed by atoms with Crippen LogP contribution in [0.2, 0.25) is 0 Å². The molecule has 0 unspecified atom stereocenters. The Kier molecular flexibility index (Phi) is 3.48. The molecular formula is C11H16N4O2S2. The predicted octanol–water partition coefficient (Wildman–Crippen LogP) is 1.84. The van der Waals surface area contributed by atoms with Crippen molar-refractivity contribution >= 4 is 21.2 Å².